The molecule has 0 saturated carbocycles. The molecule has 0 aliphatic rings. The molecule has 0 spiro atoms. The molecule has 0 aliphatic heterocycles. The molecule has 1 aromatic heterocycles. The molecule has 2 rings (SSSR count). The minimum Gasteiger partial charge on any atom is -0.489 e. The lowest BCUT2D eigenvalue weighted by atomic mass is 10.2. The molecule has 0 aliphatic carbocycles. The minimum absolute atomic E-state index is 0.487. The first-order valence-corrected chi connectivity index (χ1v) is 5.18. The molecule has 86 valence electrons. The highest BCUT2D eigenvalue weighted by Crippen LogP contribution is 2.13. The molecular weight excluding hydrogens is 216 g/mol. The van der Waals surface area contributed by atoms with E-state index in [0.29, 0.717) is 6.61 Å². The normalized spacial score (nSPS) is 10.6. The summed E-state index contributed by atoms with van der Waals surface area (Å²) in [6.07, 6.45) is 4.87. The molecule has 1 aromatic carbocycles. The van der Waals surface area contributed by atoms with Crippen molar-refractivity contribution in [1.82, 2.24) is 4.98 Å². The summed E-state index contributed by atoms with van der Waals surface area (Å²) in [6.45, 7) is 0.487. The SMILES string of the molecule is O/N=C\c1ccc(OCc2cccnc2)cc1. The summed E-state index contributed by atoms with van der Waals surface area (Å²) in [5.41, 5.74) is 1.84. The Kier molecular flexibility index (Phi) is 3.70. The van der Waals surface area contributed by atoms with Crippen molar-refractivity contribution in [2.45, 2.75) is 6.61 Å². The molecule has 1 heterocycles. The van der Waals surface area contributed by atoms with Crippen LogP contribution in [0.4, 0.5) is 0 Å². The number of ether oxygens (including phenoxy) is 1. The summed E-state index contributed by atoms with van der Waals surface area (Å²) in [5, 5.41) is 11.3. The third kappa shape index (κ3) is 3.31. The fraction of sp³-hybridized carbons (Fsp3) is 0.0769. The number of benzene rings is 1. The topological polar surface area (TPSA) is 54.7 Å². The Morgan fingerprint density at radius 2 is 2.06 bits per heavy atom. The standard InChI is InChI=1S/C13H12N2O2/c16-15-9-11-3-5-13(6-4-11)17-10-12-2-1-7-14-8-12/h1-9,16H,10H2/b15-9-. The van der Waals surface area contributed by atoms with E-state index in [4.69, 9.17) is 9.94 Å². The van der Waals surface area contributed by atoms with Gasteiger partial charge < -0.3 is 9.94 Å². The maximum atomic E-state index is 8.37. The predicted octanol–water partition coefficient (Wildman–Crippen LogP) is 2.47. The van der Waals surface area contributed by atoms with Gasteiger partial charge in [0.25, 0.3) is 0 Å². The van der Waals surface area contributed by atoms with Crippen LogP contribution in [0.1, 0.15) is 11.1 Å². The van der Waals surface area contributed by atoms with Gasteiger partial charge in [-0.15, -0.1) is 0 Å². The second-order valence-corrected chi connectivity index (χ2v) is 3.46. The average Bonchev–Trinajstić information content (AvgIpc) is 2.40. The summed E-state index contributed by atoms with van der Waals surface area (Å²) in [7, 11) is 0. The summed E-state index contributed by atoms with van der Waals surface area (Å²) >= 11 is 0. The van der Waals surface area contributed by atoms with Gasteiger partial charge in [-0.25, -0.2) is 0 Å². The Hall–Kier alpha value is -2.36. The lowest BCUT2D eigenvalue weighted by Gasteiger charge is -2.05. The van der Waals surface area contributed by atoms with E-state index in [2.05, 4.69) is 10.1 Å². The fourth-order valence-corrected chi connectivity index (χ4v) is 1.37. The zero-order chi connectivity index (χ0) is 11.9. The first-order chi connectivity index (χ1) is 8.38. The molecule has 0 atom stereocenters. The van der Waals surface area contributed by atoms with Gasteiger partial charge in [0.1, 0.15) is 12.4 Å². The molecular formula is C13H12N2O2. The third-order valence-corrected chi connectivity index (χ3v) is 2.22. The zero-order valence-electron chi connectivity index (χ0n) is 9.15. The number of aromatic nitrogens is 1. The molecule has 0 radical (unpaired) electrons. The van der Waals surface area contributed by atoms with Crippen LogP contribution in [0.15, 0.2) is 53.9 Å². The van der Waals surface area contributed by atoms with Gasteiger partial charge in [0.15, 0.2) is 0 Å². The van der Waals surface area contributed by atoms with Crippen molar-refractivity contribution < 1.29 is 9.94 Å². The number of rotatable bonds is 4. The van der Waals surface area contributed by atoms with Crippen molar-refractivity contribution in [3.63, 3.8) is 0 Å². The van der Waals surface area contributed by atoms with Crippen LogP contribution in [0.2, 0.25) is 0 Å². The van der Waals surface area contributed by atoms with Crippen molar-refractivity contribution in [2.75, 3.05) is 0 Å². The van der Waals surface area contributed by atoms with Gasteiger partial charge in [-0.1, -0.05) is 11.2 Å². The fourth-order valence-electron chi connectivity index (χ4n) is 1.37. The van der Waals surface area contributed by atoms with E-state index < -0.39 is 0 Å². The van der Waals surface area contributed by atoms with Crippen LogP contribution in [-0.2, 0) is 6.61 Å². The number of nitrogens with zero attached hydrogens (tertiary/aromatic N) is 2. The van der Waals surface area contributed by atoms with E-state index in [-0.39, 0.29) is 0 Å². The molecule has 1 N–H and O–H groups in total. The summed E-state index contributed by atoms with van der Waals surface area (Å²) in [5.74, 6) is 0.768. The molecule has 0 saturated heterocycles. The van der Waals surface area contributed by atoms with Gasteiger partial charge in [-0.2, -0.15) is 0 Å². The smallest absolute Gasteiger partial charge is 0.119 e. The van der Waals surface area contributed by atoms with Crippen LogP contribution < -0.4 is 4.74 Å². The van der Waals surface area contributed by atoms with E-state index in [1.54, 1.807) is 12.4 Å². The van der Waals surface area contributed by atoms with E-state index in [1.807, 2.05) is 36.4 Å². The zero-order valence-corrected chi connectivity index (χ0v) is 9.15. The Labute approximate surface area is 99.2 Å². The first kappa shape index (κ1) is 11.1. The van der Waals surface area contributed by atoms with Crippen molar-refractivity contribution >= 4 is 6.21 Å². The minimum atomic E-state index is 0.487. The van der Waals surface area contributed by atoms with Gasteiger partial charge >= 0.3 is 0 Å². The molecule has 0 fully saturated rings. The van der Waals surface area contributed by atoms with Crippen LogP contribution in [0.3, 0.4) is 0 Å². The Balaban J connectivity index is 1.95. The second-order valence-electron chi connectivity index (χ2n) is 3.46. The van der Waals surface area contributed by atoms with Crippen LogP contribution in [0, 0.1) is 0 Å². The van der Waals surface area contributed by atoms with Crippen LogP contribution in [-0.4, -0.2) is 16.4 Å². The van der Waals surface area contributed by atoms with Gasteiger partial charge in [0, 0.05) is 18.0 Å². The molecule has 4 nitrogen and oxygen atoms in total. The third-order valence-electron chi connectivity index (χ3n) is 2.22. The van der Waals surface area contributed by atoms with E-state index in [1.165, 1.54) is 6.21 Å². The maximum Gasteiger partial charge on any atom is 0.119 e. The molecule has 0 unspecified atom stereocenters. The van der Waals surface area contributed by atoms with Crippen molar-refractivity contribution in [1.29, 1.82) is 0 Å². The molecule has 4 heteroatoms. The second kappa shape index (κ2) is 5.65. The Morgan fingerprint density at radius 1 is 1.24 bits per heavy atom. The predicted molar refractivity (Wildman–Crippen MR) is 64.4 cm³/mol. The summed E-state index contributed by atoms with van der Waals surface area (Å²) in [4.78, 5) is 4.01. The van der Waals surface area contributed by atoms with Crippen molar-refractivity contribution in [3.8, 4) is 5.75 Å². The molecule has 2 aromatic rings. The lowest BCUT2D eigenvalue weighted by molar-refractivity contribution is 0.305. The highest BCUT2D eigenvalue weighted by Gasteiger charge is 1.96. The van der Waals surface area contributed by atoms with Crippen molar-refractivity contribution in [2.24, 2.45) is 5.16 Å². The van der Waals surface area contributed by atoms with Crippen LogP contribution in [0.5, 0.6) is 5.75 Å². The number of hydrogen-bond acceptors (Lipinski definition) is 4. The highest BCUT2D eigenvalue weighted by atomic mass is 16.5. The van der Waals surface area contributed by atoms with Gasteiger partial charge in [0.05, 0.1) is 6.21 Å². The summed E-state index contributed by atoms with van der Waals surface area (Å²) in [6, 6.07) is 11.1. The molecule has 0 amide bonds. The number of pyridine rings is 1. The van der Waals surface area contributed by atoms with Gasteiger partial charge in [0.2, 0.25) is 0 Å². The monoisotopic (exact) mass is 228 g/mol. The van der Waals surface area contributed by atoms with Gasteiger partial charge in [-0.3, -0.25) is 4.98 Å². The van der Waals surface area contributed by atoms with E-state index >= 15 is 0 Å². The molecule has 17 heavy (non-hydrogen) atoms. The lowest BCUT2D eigenvalue weighted by Crippen LogP contribution is -1.95. The van der Waals surface area contributed by atoms with Crippen molar-refractivity contribution in [3.05, 3.63) is 59.9 Å². The highest BCUT2D eigenvalue weighted by molar-refractivity contribution is 5.79. The van der Waals surface area contributed by atoms with E-state index in [9.17, 15) is 0 Å². The Bertz CT molecular complexity index is 481. The quantitative estimate of drug-likeness (QED) is 0.497. The summed E-state index contributed by atoms with van der Waals surface area (Å²) < 4.78 is 5.58. The number of oxime groups is 1. The average molecular weight is 228 g/mol. The maximum absolute atomic E-state index is 8.37. The largest absolute Gasteiger partial charge is 0.489 e. The van der Waals surface area contributed by atoms with Crippen LogP contribution in [0.25, 0.3) is 0 Å². The Morgan fingerprint density at radius 3 is 2.71 bits per heavy atom. The first-order valence-electron chi connectivity index (χ1n) is 5.18. The van der Waals surface area contributed by atoms with E-state index in [0.717, 1.165) is 16.9 Å². The molecule has 0 bridgehead atoms. The van der Waals surface area contributed by atoms with Crippen LogP contribution >= 0.6 is 0 Å². The van der Waals surface area contributed by atoms with Gasteiger partial charge in [-0.05, 0) is 35.9 Å². The number of hydrogen-bond donors (Lipinski definition) is 1.